The predicted molar refractivity (Wildman–Crippen MR) is 92.5 cm³/mol. The third-order valence-corrected chi connectivity index (χ3v) is 3.22. The van der Waals surface area contributed by atoms with Gasteiger partial charge in [0.05, 0.1) is 21.6 Å². The number of azo groups is 1. The van der Waals surface area contributed by atoms with Crippen LogP contribution >= 0.6 is 0 Å². The van der Waals surface area contributed by atoms with Crippen LogP contribution < -0.4 is 5.32 Å². The van der Waals surface area contributed by atoms with Crippen molar-refractivity contribution in [3.8, 4) is 5.75 Å². The first-order valence-electron chi connectivity index (χ1n) is 7.31. The molecule has 0 unspecified atom stereocenters. The minimum Gasteiger partial charge on any atom is -0.501 e. The summed E-state index contributed by atoms with van der Waals surface area (Å²) in [6, 6.07) is 6.01. The summed E-state index contributed by atoms with van der Waals surface area (Å²) in [7, 11) is 0. The van der Waals surface area contributed by atoms with Gasteiger partial charge in [0.1, 0.15) is 12.3 Å². The van der Waals surface area contributed by atoms with Gasteiger partial charge in [0, 0.05) is 11.8 Å². The number of anilines is 1. The van der Waals surface area contributed by atoms with Crippen LogP contribution in [0.25, 0.3) is 0 Å². The molecule has 0 radical (unpaired) electrons. The van der Waals surface area contributed by atoms with Crippen molar-refractivity contribution in [1.29, 1.82) is 0 Å². The number of nitrogens with zero attached hydrogens (tertiary/aromatic N) is 4. The predicted octanol–water partition coefficient (Wildman–Crippen LogP) is 2.86. The fourth-order valence-electron chi connectivity index (χ4n) is 2.12. The van der Waals surface area contributed by atoms with Crippen molar-refractivity contribution in [3.05, 3.63) is 56.1 Å². The Bertz CT molecular complexity index is 958. The topological polar surface area (TPSA) is 181 Å². The van der Waals surface area contributed by atoms with Crippen LogP contribution in [0.15, 0.2) is 40.6 Å². The van der Waals surface area contributed by atoms with E-state index in [-0.39, 0.29) is 5.69 Å². The Kier molecular flexibility index (Phi) is 5.72. The number of carbonyl (C=O) groups excluding carboxylic acids is 1. The lowest BCUT2D eigenvalue weighted by Gasteiger charge is -2.05. The minimum absolute atomic E-state index is 0.205. The molecule has 0 atom stereocenters. The third kappa shape index (κ3) is 4.79. The van der Waals surface area contributed by atoms with E-state index in [1.54, 1.807) is 19.1 Å². The second-order valence-electron chi connectivity index (χ2n) is 5.31. The lowest BCUT2D eigenvalue weighted by atomic mass is 10.2. The van der Waals surface area contributed by atoms with Crippen LogP contribution in [0.3, 0.4) is 0 Å². The van der Waals surface area contributed by atoms with Crippen molar-refractivity contribution in [2.45, 2.75) is 6.92 Å². The van der Waals surface area contributed by atoms with Gasteiger partial charge in [-0.2, -0.15) is 5.11 Å². The summed E-state index contributed by atoms with van der Waals surface area (Å²) in [6.45, 7) is 0.985. The number of aliphatic hydroxyl groups is 1. The first kappa shape index (κ1) is 19.4. The third-order valence-electron chi connectivity index (χ3n) is 3.22. The van der Waals surface area contributed by atoms with Crippen LogP contribution in [0.1, 0.15) is 5.56 Å². The lowest BCUT2D eigenvalue weighted by Crippen LogP contribution is -2.15. The number of phenolic OH excluding ortho intramolecular Hbond substituents is 1. The number of hydrogen-bond acceptors (Lipinski definition) is 9. The maximum Gasteiger partial charge on any atom is 0.319 e. The zero-order valence-corrected chi connectivity index (χ0v) is 13.8. The summed E-state index contributed by atoms with van der Waals surface area (Å²) in [6.07, 6.45) is 0. The van der Waals surface area contributed by atoms with Crippen LogP contribution in [0, 0.1) is 27.2 Å². The standard InChI is InChI=1S/C15H13N5O7/c1-8-2-9(16-14(22)7-21)4-10(3-8)17-18-12-5-11(19(24)25)6-13(15(12)23)20(26)27/h2-6,21,23H,7H2,1H3,(H,16,22). The fraction of sp³-hybridized carbons (Fsp3) is 0.133. The highest BCUT2D eigenvalue weighted by molar-refractivity contribution is 5.92. The first-order chi connectivity index (χ1) is 12.7. The number of carbonyl (C=O) groups is 1. The number of phenols is 1. The number of aryl methyl sites for hydroxylation is 1. The maximum atomic E-state index is 11.3. The Morgan fingerprint density at radius 2 is 1.81 bits per heavy atom. The highest BCUT2D eigenvalue weighted by atomic mass is 16.6. The van der Waals surface area contributed by atoms with Gasteiger partial charge in [-0.25, -0.2) is 0 Å². The van der Waals surface area contributed by atoms with Gasteiger partial charge in [0.25, 0.3) is 5.69 Å². The zero-order chi connectivity index (χ0) is 20.1. The minimum atomic E-state index is -0.976. The number of nitrogens with one attached hydrogen (secondary N) is 1. The van der Waals surface area contributed by atoms with Crippen molar-refractivity contribution in [3.63, 3.8) is 0 Å². The number of amides is 1. The summed E-state index contributed by atoms with van der Waals surface area (Å²) in [5, 5.41) is 50.4. The second-order valence-corrected chi connectivity index (χ2v) is 5.31. The maximum absolute atomic E-state index is 11.3. The summed E-state index contributed by atoms with van der Waals surface area (Å²) < 4.78 is 0. The smallest absolute Gasteiger partial charge is 0.319 e. The van der Waals surface area contributed by atoms with Crippen molar-refractivity contribution in [2.75, 3.05) is 11.9 Å². The molecule has 140 valence electrons. The molecule has 2 rings (SSSR count). The normalized spacial score (nSPS) is 10.7. The number of aromatic hydroxyl groups is 1. The molecule has 0 heterocycles. The molecule has 0 aliphatic rings. The molecular formula is C15H13N5O7. The van der Waals surface area contributed by atoms with Gasteiger partial charge < -0.3 is 15.5 Å². The molecular weight excluding hydrogens is 362 g/mol. The molecule has 12 heteroatoms. The van der Waals surface area contributed by atoms with E-state index >= 15 is 0 Å². The van der Waals surface area contributed by atoms with Crippen LogP contribution in [0.4, 0.5) is 28.4 Å². The average molecular weight is 375 g/mol. The number of non-ortho nitro benzene ring substituents is 1. The molecule has 0 fully saturated rings. The van der Waals surface area contributed by atoms with E-state index in [9.17, 15) is 30.1 Å². The average Bonchev–Trinajstić information content (AvgIpc) is 2.59. The van der Waals surface area contributed by atoms with Crippen molar-refractivity contribution in [2.24, 2.45) is 10.2 Å². The number of benzene rings is 2. The van der Waals surface area contributed by atoms with Crippen molar-refractivity contribution in [1.82, 2.24) is 0 Å². The summed E-state index contributed by atoms with van der Waals surface area (Å²) in [5.74, 6) is -1.51. The number of nitro groups is 2. The molecule has 0 saturated heterocycles. The SMILES string of the molecule is Cc1cc(N=Nc2cc([N+](=O)[O-])cc([N+](=O)[O-])c2O)cc(NC(=O)CO)c1. The number of aliphatic hydroxyl groups excluding tert-OH is 1. The van der Waals surface area contributed by atoms with Gasteiger partial charge >= 0.3 is 5.69 Å². The highest BCUT2D eigenvalue weighted by Crippen LogP contribution is 2.40. The molecule has 0 saturated carbocycles. The van der Waals surface area contributed by atoms with Gasteiger partial charge in [-0.1, -0.05) is 0 Å². The van der Waals surface area contributed by atoms with Gasteiger partial charge in [0.15, 0.2) is 0 Å². The monoisotopic (exact) mass is 375 g/mol. The fourth-order valence-corrected chi connectivity index (χ4v) is 2.12. The van der Waals surface area contributed by atoms with E-state index < -0.39 is 45.2 Å². The first-order valence-corrected chi connectivity index (χ1v) is 7.31. The molecule has 1 amide bonds. The molecule has 0 bridgehead atoms. The quantitative estimate of drug-likeness (QED) is 0.394. The molecule has 27 heavy (non-hydrogen) atoms. The molecule has 3 N–H and O–H groups in total. The molecule has 0 aliphatic heterocycles. The molecule has 0 aromatic heterocycles. The highest BCUT2D eigenvalue weighted by Gasteiger charge is 2.24. The number of nitro benzene ring substituents is 2. The Morgan fingerprint density at radius 1 is 1.11 bits per heavy atom. The second kappa shape index (κ2) is 7.97. The Hall–Kier alpha value is -3.93. The van der Waals surface area contributed by atoms with Gasteiger partial charge in [-0.05, 0) is 30.7 Å². The molecule has 2 aromatic rings. The van der Waals surface area contributed by atoms with Gasteiger partial charge in [-0.3, -0.25) is 25.0 Å². The molecule has 0 aliphatic carbocycles. The Morgan fingerprint density at radius 3 is 2.41 bits per heavy atom. The van der Waals surface area contributed by atoms with Crippen molar-refractivity contribution < 1.29 is 24.9 Å². The van der Waals surface area contributed by atoms with Gasteiger partial charge in [0.2, 0.25) is 11.7 Å². The largest absolute Gasteiger partial charge is 0.501 e. The Labute approximate surface area is 151 Å². The zero-order valence-electron chi connectivity index (χ0n) is 13.8. The van der Waals surface area contributed by atoms with Crippen LogP contribution in [0.2, 0.25) is 0 Å². The van der Waals surface area contributed by atoms with Crippen LogP contribution in [-0.2, 0) is 4.79 Å². The van der Waals surface area contributed by atoms with E-state index in [4.69, 9.17) is 5.11 Å². The number of rotatable bonds is 6. The van der Waals surface area contributed by atoms with Crippen LogP contribution in [-0.4, -0.2) is 32.6 Å². The van der Waals surface area contributed by atoms with E-state index in [2.05, 4.69) is 15.5 Å². The van der Waals surface area contributed by atoms with Crippen LogP contribution in [0.5, 0.6) is 5.75 Å². The van der Waals surface area contributed by atoms with E-state index in [1.165, 1.54) is 6.07 Å². The van der Waals surface area contributed by atoms with E-state index in [0.29, 0.717) is 17.3 Å². The van der Waals surface area contributed by atoms with E-state index in [1.807, 2.05) is 0 Å². The molecule has 2 aromatic carbocycles. The van der Waals surface area contributed by atoms with E-state index in [0.717, 1.165) is 6.07 Å². The van der Waals surface area contributed by atoms with Crippen molar-refractivity contribution >= 4 is 34.3 Å². The summed E-state index contributed by atoms with van der Waals surface area (Å²) in [4.78, 5) is 31.3. The molecule has 0 spiro atoms. The summed E-state index contributed by atoms with van der Waals surface area (Å²) >= 11 is 0. The summed E-state index contributed by atoms with van der Waals surface area (Å²) in [5.41, 5.74) is -0.770. The Balaban J connectivity index is 2.44. The lowest BCUT2D eigenvalue weighted by molar-refractivity contribution is -0.394. The van der Waals surface area contributed by atoms with Gasteiger partial charge in [-0.15, -0.1) is 5.11 Å². The molecule has 12 nitrogen and oxygen atoms in total. The number of hydrogen-bond donors (Lipinski definition) is 3.